The maximum Gasteiger partial charge on any atom is 0.227 e. The number of aromatic nitrogens is 3. The molecule has 2 aromatic heterocycles. The molecule has 1 N–H and O–H groups in total. The summed E-state index contributed by atoms with van der Waals surface area (Å²) in [7, 11) is 1.65. The normalized spacial score (nSPS) is 10.4. The molecule has 0 aliphatic heterocycles. The molecule has 6 nitrogen and oxygen atoms in total. The molecule has 0 aliphatic carbocycles. The molecule has 120 valence electrons. The third-order valence-corrected chi connectivity index (χ3v) is 4.42. The number of methoxy groups -OCH3 is 1. The van der Waals surface area contributed by atoms with Crippen LogP contribution in [0.5, 0.6) is 0 Å². The third-order valence-electron chi connectivity index (χ3n) is 3.27. The Hall–Kier alpha value is -2.82. The van der Waals surface area contributed by atoms with Gasteiger partial charge in [0.2, 0.25) is 5.95 Å². The van der Waals surface area contributed by atoms with Crippen molar-refractivity contribution in [1.29, 1.82) is 5.26 Å². The topological polar surface area (TPSA) is 83.7 Å². The summed E-state index contributed by atoms with van der Waals surface area (Å²) in [5, 5.41) is 12.9. The van der Waals surface area contributed by atoms with Crippen molar-refractivity contribution >= 4 is 23.0 Å². The maximum absolute atomic E-state index is 8.84. The van der Waals surface area contributed by atoms with Gasteiger partial charge in [-0.25, -0.2) is 15.0 Å². The average molecular weight is 337 g/mol. The van der Waals surface area contributed by atoms with Crippen LogP contribution in [-0.4, -0.2) is 22.1 Å². The first-order valence-corrected chi connectivity index (χ1v) is 8.07. The minimum Gasteiger partial charge on any atom is -0.378 e. The molecule has 0 saturated heterocycles. The zero-order valence-corrected chi connectivity index (χ0v) is 14.1. The summed E-state index contributed by atoms with van der Waals surface area (Å²) in [4.78, 5) is 14.3. The minimum atomic E-state index is 0.493. The van der Waals surface area contributed by atoms with Gasteiger partial charge in [-0.05, 0) is 37.3 Å². The van der Waals surface area contributed by atoms with Crippen LogP contribution in [0.25, 0.3) is 10.6 Å². The van der Waals surface area contributed by atoms with Gasteiger partial charge in [-0.3, -0.25) is 0 Å². The van der Waals surface area contributed by atoms with Crippen LogP contribution >= 0.6 is 11.3 Å². The number of nitrogens with zero attached hydrogens (tertiary/aromatic N) is 4. The number of hydrogen-bond donors (Lipinski definition) is 1. The van der Waals surface area contributed by atoms with E-state index in [-0.39, 0.29) is 0 Å². The smallest absolute Gasteiger partial charge is 0.227 e. The van der Waals surface area contributed by atoms with Crippen LogP contribution in [0.2, 0.25) is 0 Å². The SMILES string of the molecule is COCc1nc(C)c(-c2ccnc(Nc3ccc(C#N)cc3)n2)s1. The Labute approximate surface area is 143 Å². The fourth-order valence-corrected chi connectivity index (χ4v) is 3.18. The molecule has 7 heteroatoms. The standard InChI is InChI=1S/C17H15N5OS/c1-11-16(24-15(20-11)10-23-2)14-7-8-19-17(22-14)21-13-5-3-12(9-18)4-6-13/h3-8H,10H2,1-2H3,(H,19,21,22). The highest BCUT2D eigenvalue weighted by atomic mass is 32.1. The number of anilines is 2. The van der Waals surface area contributed by atoms with Crippen LogP contribution in [0.3, 0.4) is 0 Å². The summed E-state index contributed by atoms with van der Waals surface area (Å²) in [5.41, 5.74) is 3.18. The number of nitrogens with one attached hydrogen (secondary N) is 1. The molecule has 0 bridgehead atoms. The molecule has 0 unspecified atom stereocenters. The molecular formula is C17H15N5OS. The molecule has 0 saturated carbocycles. The predicted octanol–water partition coefficient (Wildman–Crippen LogP) is 3.67. The number of benzene rings is 1. The van der Waals surface area contributed by atoms with Gasteiger partial charge in [0.1, 0.15) is 5.01 Å². The van der Waals surface area contributed by atoms with Gasteiger partial charge in [-0.2, -0.15) is 5.26 Å². The summed E-state index contributed by atoms with van der Waals surface area (Å²) >= 11 is 1.57. The first kappa shape index (κ1) is 16.1. The van der Waals surface area contributed by atoms with Gasteiger partial charge in [0, 0.05) is 19.0 Å². The highest BCUT2D eigenvalue weighted by Gasteiger charge is 2.12. The van der Waals surface area contributed by atoms with Gasteiger partial charge in [-0.1, -0.05) is 0 Å². The van der Waals surface area contributed by atoms with E-state index in [4.69, 9.17) is 10.00 Å². The van der Waals surface area contributed by atoms with E-state index < -0.39 is 0 Å². The highest BCUT2D eigenvalue weighted by Crippen LogP contribution is 2.29. The second kappa shape index (κ2) is 7.17. The maximum atomic E-state index is 8.84. The quantitative estimate of drug-likeness (QED) is 0.765. The van der Waals surface area contributed by atoms with Crippen LogP contribution in [0.15, 0.2) is 36.5 Å². The van der Waals surface area contributed by atoms with Crippen LogP contribution in [-0.2, 0) is 11.3 Å². The van der Waals surface area contributed by atoms with Gasteiger partial charge in [0.05, 0.1) is 34.5 Å². The molecule has 0 atom stereocenters. The molecule has 2 heterocycles. The van der Waals surface area contributed by atoms with Crippen molar-refractivity contribution < 1.29 is 4.74 Å². The zero-order valence-electron chi connectivity index (χ0n) is 13.3. The Kier molecular flexibility index (Phi) is 4.79. The Balaban J connectivity index is 1.84. The second-order valence-corrected chi connectivity index (χ2v) is 6.12. The molecular weight excluding hydrogens is 322 g/mol. The number of thiazole rings is 1. The Bertz CT molecular complexity index is 883. The van der Waals surface area contributed by atoms with E-state index >= 15 is 0 Å². The lowest BCUT2D eigenvalue weighted by molar-refractivity contribution is 0.184. The van der Waals surface area contributed by atoms with E-state index in [1.54, 1.807) is 36.8 Å². The van der Waals surface area contributed by atoms with Crippen molar-refractivity contribution in [3.63, 3.8) is 0 Å². The molecule has 1 aromatic carbocycles. The van der Waals surface area contributed by atoms with E-state index in [1.165, 1.54) is 0 Å². The first-order chi connectivity index (χ1) is 11.7. The molecule has 0 spiro atoms. The van der Waals surface area contributed by atoms with E-state index in [0.717, 1.165) is 27.0 Å². The van der Waals surface area contributed by atoms with E-state index in [1.807, 2.05) is 25.1 Å². The summed E-state index contributed by atoms with van der Waals surface area (Å²) in [6, 6.07) is 11.1. The minimum absolute atomic E-state index is 0.493. The molecule has 0 radical (unpaired) electrons. The molecule has 0 fully saturated rings. The summed E-state index contributed by atoms with van der Waals surface area (Å²) in [6.07, 6.45) is 1.71. The number of rotatable bonds is 5. The van der Waals surface area contributed by atoms with Crippen molar-refractivity contribution in [2.75, 3.05) is 12.4 Å². The molecule has 0 aliphatic rings. The van der Waals surface area contributed by atoms with Gasteiger partial charge in [0.15, 0.2) is 0 Å². The van der Waals surface area contributed by atoms with Crippen LogP contribution < -0.4 is 5.32 Å². The Morgan fingerprint density at radius 2 is 2.00 bits per heavy atom. The van der Waals surface area contributed by atoms with Gasteiger partial charge in [0.25, 0.3) is 0 Å². The van der Waals surface area contributed by atoms with Crippen molar-refractivity contribution in [3.05, 3.63) is 52.8 Å². The summed E-state index contributed by atoms with van der Waals surface area (Å²) in [5.74, 6) is 0.498. The van der Waals surface area contributed by atoms with E-state index in [9.17, 15) is 0 Å². The first-order valence-electron chi connectivity index (χ1n) is 7.25. The Morgan fingerprint density at radius 1 is 1.21 bits per heavy atom. The largest absolute Gasteiger partial charge is 0.378 e. The molecule has 0 amide bonds. The monoisotopic (exact) mass is 337 g/mol. The number of aryl methyl sites for hydroxylation is 1. The predicted molar refractivity (Wildman–Crippen MR) is 93.0 cm³/mol. The average Bonchev–Trinajstić information content (AvgIpc) is 2.97. The highest BCUT2D eigenvalue weighted by molar-refractivity contribution is 7.15. The molecule has 24 heavy (non-hydrogen) atoms. The van der Waals surface area contributed by atoms with Crippen LogP contribution in [0.1, 0.15) is 16.3 Å². The van der Waals surface area contributed by atoms with Gasteiger partial charge < -0.3 is 10.1 Å². The van der Waals surface area contributed by atoms with Crippen molar-refractivity contribution in [3.8, 4) is 16.6 Å². The lowest BCUT2D eigenvalue weighted by atomic mass is 10.2. The van der Waals surface area contributed by atoms with Crippen LogP contribution in [0.4, 0.5) is 11.6 Å². The van der Waals surface area contributed by atoms with Crippen LogP contribution in [0, 0.1) is 18.3 Å². The second-order valence-electron chi connectivity index (χ2n) is 5.03. The zero-order chi connectivity index (χ0) is 16.9. The van der Waals surface area contributed by atoms with Gasteiger partial charge in [-0.15, -0.1) is 11.3 Å². The number of hydrogen-bond acceptors (Lipinski definition) is 7. The van der Waals surface area contributed by atoms with Crippen molar-refractivity contribution in [1.82, 2.24) is 15.0 Å². The molecule has 3 rings (SSSR count). The van der Waals surface area contributed by atoms with Gasteiger partial charge >= 0.3 is 0 Å². The number of ether oxygens (including phenoxy) is 1. The molecule has 3 aromatic rings. The third kappa shape index (κ3) is 3.56. The Morgan fingerprint density at radius 3 is 2.71 bits per heavy atom. The summed E-state index contributed by atoms with van der Waals surface area (Å²) in [6.45, 7) is 2.45. The van der Waals surface area contributed by atoms with E-state index in [2.05, 4.69) is 26.3 Å². The van der Waals surface area contributed by atoms with E-state index in [0.29, 0.717) is 18.1 Å². The van der Waals surface area contributed by atoms with Crippen molar-refractivity contribution in [2.45, 2.75) is 13.5 Å². The fourth-order valence-electron chi connectivity index (χ4n) is 2.18. The number of nitriles is 1. The van der Waals surface area contributed by atoms with Crippen molar-refractivity contribution in [2.24, 2.45) is 0 Å². The lowest BCUT2D eigenvalue weighted by Gasteiger charge is -2.06. The lowest BCUT2D eigenvalue weighted by Crippen LogP contribution is -1.97. The fraction of sp³-hybridized carbons (Fsp3) is 0.176. The summed E-state index contributed by atoms with van der Waals surface area (Å²) < 4.78 is 5.13.